The minimum absolute atomic E-state index is 0.0544. The Morgan fingerprint density at radius 1 is 0.946 bits per heavy atom. The van der Waals surface area contributed by atoms with Gasteiger partial charge in [0, 0.05) is 12.1 Å². The van der Waals surface area contributed by atoms with E-state index in [2.05, 4.69) is 6.58 Å². The van der Waals surface area contributed by atoms with Gasteiger partial charge in [0.25, 0.3) is 0 Å². The van der Waals surface area contributed by atoms with E-state index >= 15 is 0 Å². The Balaban J connectivity index is 1.47. The highest BCUT2D eigenvalue weighted by molar-refractivity contribution is 6.32. The lowest BCUT2D eigenvalue weighted by Gasteiger charge is -2.26. The van der Waals surface area contributed by atoms with Gasteiger partial charge in [0.2, 0.25) is 0 Å². The van der Waals surface area contributed by atoms with Gasteiger partial charge in [-0.3, -0.25) is 14.4 Å². The number of carbonyl (C=O) groups is 4. The fourth-order valence-corrected chi connectivity index (χ4v) is 4.18. The number of carbonyl (C=O) groups excluding carboxylic acids is 4. The van der Waals surface area contributed by atoms with E-state index in [0.29, 0.717) is 43.3 Å². The molecular formula is C28H29ClO8. The molecule has 0 saturated heterocycles. The molecule has 1 saturated carbocycles. The van der Waals surface area contributed by atoms with Crippen LogP contribution in [-0.2, 0) is 25.5 Å². The van der Waals surface area contributed by atoms with Crippen LogP contribution < -0.4 is 14.2 Å². The van der Waals surface area contributed by atoms with Gasteiger partial charge in [-0.1, -0.05) is 31.2 Å². The molecule has 0 aliphatic heterocycles. The summed E-state index contributed by atoms with van der Waals surface area (Å²) in [5, 5.41) is 0.200. The molecule has 0 radical (unpaired) electrons. The average molecular weight is 529 g/mol. The van der Waals surface area contributed by atoms with Gasteiger partial charge >= 0.3 is 17.9 Å². The van der Waals surface area contributed by atoms with Gasteiger partial charge in [0.1, 0.15) is 30.5 Å². The molecule has 0 atom stereocenters. The van der Waals surface area contributed by atoms with Crippen molar-refractivity contribution in [3.8, 4) is 17.2 Å². The van der Waals surface area contributed by atoms with Crippen LogP contribution >= 0.6 is 11.6 Å². The summed E-state index contributed by atoms with van der Waals surface area (Å²) in [4.78, 5) is 47.8. The summed E-state index contributed by atoms with van der Waals surface area (Å²) in [5.41, 5.74) is 1.32. The van der Waals surface area contributed by atoms with E-state index in [0.717, 1.165) is 18.1 Å². The van der Waals surface area contributed by atoms with Gasteiger partial charge in [0.05, 0.1) is 22.4 Å². The van der Waals surface area contributed by atoms with E-state index < -0.39 is 17.9 Å². The lowest BCUT2D eigenvalue weighted by atomic mass is 9.82. The predicted octanol–water partition coefficient (Wildman–Crippen LogP) is 5.14. The number of hydrogen-bond donors (Lipinski definition) is 0. The molecule has 1 aliphatic rings. The Morgan fingerprint density at radius 3 is 2.14 bits per heavy atom. The van der Waals surface area contributed by atoms with Crippen molar-refractivity contribution in [1.29, 1.82) is 0 Å². The summed E-state index contributed by atoms with van der Waals surface area (Å²) in [6, 6.07) is 9.81. The molecule has 2 aromatic rings. The SMILES string of the molecule is C=CC(=O)OCCOc1ccc(OC(=O)C2CCC(C(=O)Oc3ccc(CC)cc3C=O)CC2)c(Cl)c1. The Kier molecular flexibility index (Phi) is 10.3. The minimum atomic E-state index is -0.538. The van der Waals surface area contributed by atoms with Crippen LogP contribution in [0.5, 0.6) is 17.2 Å². The molecule has 0 bridgehead atoms. The normalized spacial score (nSPS) is 16.8. The van der Waals surface area contributed by atoms with Crippen molar-refractivity contribution in [2.45, 2.75) is 39.0 Å². The number of halogens is 1. The number of esters is 3. The van der Waals surface area contributed by atoms with Gasteiger partial charge in [-0.05, 0) is 61.9 Å². The third kappa shape index (κ3) is 7.92. The Hall–Kier alpha value is -3.65. The van der Waals surface area contributed by atoms with Crippen LogP contribution in [-0.4, -0.2) is 37.4 Å². The van der Waals surface area contributed by atoms with E-state index in [9.17, 15) is 19.2 Å². The zero-order chi connectivity index (χ0) is 26.8. The van der Waals surface area contributed by atoms with E-state index in [1.807, 2.05) is 13.0 Å². The summed E-state index contributed by atoms with van der Waals surface area (Å²) in [7, 11) is 0. The summed E-state index contributed by atoms with van der Waals surface area (Å²) in [6.07, 6.45) is 4.39. The first kappa shape index (κ1) is 27.9. The quantitative estimate of drug-likeness (QED) is 0.130. The molecule has 0 aromatic heterocycles. The van der Waals surface area contributed by atoms with Crippen LogP contribution in [0.25, 0.3) is 0 Å². The van der Waals surface area contributed by atoms with Gasteiger partial charge in [-0.15, -0.1) is 0 Å². The first-order chi connectivity index (χ1) is 17.8. The van der Waals surface area contributed by atoms with Crippen molar-refractivity contribution in [3.63, 3.8) is 0 Å². The maximum Gasteiger partial charge on any atom is 0.330 e. The lowest BCUT2D eigenvalue weighted by molar-refractivity contribution is -0.145. The monoisotopic (exact) mass is 528 g/mol. The number of ether oxygens (including phenoxy) is 4. The molecular weight excluding hydrogens is 500 g/mol. The lowest BCUT2D eigenvalue weighted by Crippen LogP contribution is -2.30. The number of hydrogen-bond acceptors (Lipinski definition) is 8. The smallest absolute Gasteiger partial charge is 0.330 e. The Morgan fingerprint density at radius 2 is 1.57 bits per heavy atom. The molecule has 9 heteroatoms. The van der Waals surface area contributed by atoms with Crippen molar-refractivity contribution in [2.75, 3.05) is 13.2 Å². The van der Waals surface area contributed by atoms with Crippen molar-refractivity contribution >= 4 is 35.8 Å². The topological polar surface area (TPSA) is 105 Å². The second kappa shape index (κ2) is 13.6. The van der Waals surface area contributed by atoms with Crippen LogP contribution in [0, 0.1) is 11.8 Å². The molecule has 0 unspecified atom stereocenters. The molecule has 1 aliphatic carbocycles. The second-order valence-corrected chi connectivity index (χ2v) is 8.95. The highest BCUT2D eigenvalue weighted by Crippen LogP contribution is 2.34. The average Bonchev–Trinajstić information content (AvgIpc) is 2.92. The number of rotatable bonds is 11. The first-order valence-corrected chi connectivity index (χ1v) is 12.4. The minimum Gasteiger partial charge on any atom is -0.490 e. The van der Waals surface area contributed by atoms with Crippen LogP contribution in [0.15, 0.2) is 49.1 Å². The van der Waals surface area contributed by atoms with Gasteiger partial charge in [-0.25, -0.2) is 4.79 Å². The maximum atomic E-state index is 12.7. The predicted molar refractivity (Wildman–Crippen MR) is 136 cm³/mol. The second-order valence-electron chi connectivity index (χ2n) is 8.55. The van der Waals surface area contributed by atoms with E-state index in [1.54, 1.807) is 18.2 Å². The van der Waals surface area contributed by atoms with Crippen LogP contribution in [0.4, 0.5) is 0 Å². The van der Waals surface area contributed by atoms with E-state index in [-0.39, 0.29) is 41.6 Å². The fourth-order valence-electron chi connectivity index (χ4n) is 3.97. The Bertz CT molecular complexity index is 1150. The standard InChI is InChI=1S/C28H29ClO8/c1-3-18-5-11-24(21(15-18)17-30)36-27(32)19-6-8-20(9-7-19)28(33)37-25-12-10-22(16-23(25)29)34-13-14-35-26(31)4-2/h4-5,10-12,15-17,19-20H,2-3,6-9,13-14H2,1H3. The van der Waals surface area contributed by atoms with Crippen molar-refractivity contribution in [3.05, 3.63) is 65.2 Å². The van der Waals surface area contributed by atoms with E-state index in [1.165, 1.54) is 12.1 Å². The largest absolute Gasteiger partial charge is 0.490 e. The fraction of sp³-hybridized carbons (Fsp3) is 0.357. The Labute approximate surface area is 220 Å². The first-order valence-electron chi connectivity index (χ1n) is 12.1. The molecule has 0 N–H and O–H groups in total. The summed E-state index contributed by atoms with van der Waals surface area (Å²) in [6.45, 7) is 5.47. The molecule has 0 amide bonds. The van der Waals surface area contributed by atoms with Crippen LogP contribution in [0.3, 0.4) is 0 Å². The summed E-state index contributed by atoms with van der Waals surface area (Å²) < 4.78 is 21.3. The highest BCUT2D eigenvalue weighted by atomic mass is 35.5. The maximum absolute atomic E-state index is 12.7. The number of aryl methyl sites for hydroxylation is 1. The molecule has 37 heavy (non-hydrogen) atoms. The van der Waals surface area contributed by atoms with Gasteiger partial charge in [-0.2, -0.15) is 0 Å². The number of aldehydes is 1. The number of benzene rings is 2. The molecule has 0 spiro atoms. The van der Waals surface area contributed by atoms with Crippen LogP contribution in [0.1, 0.15) is 48.5 Å². The molecule has 2 aromatic carbocycles. The van der Waals surface area contributed by atoms with Crippen molar-refractivity contribution in [1.82, 2.24) is 0 Å². The zero-order valence-corrected chi connectivity index (χ0v) is 21.3. The molecule has 0 heterocycles. The third-order valence-corrected chi connectivity index (χ3v) is 6.39. The highest BCUT2D eigenvalue weighted by Gasteiger charge is 2.32. The summed E-state index contributed by atoms with van der Waals surface area (Å²) in [5.74, 6) is -1.21. The third-order valence-electron chi connectivity index (χ3n) is 6.09. The van der Waals surface area contributed by atoms with Crippen LogP contribution in [0.2, 0.25) is 5.02 Å². The molecule has 196 valence electrons. The van der Waals surface area contributed by atoms with Crippen molar-refractivity contribution in [2.24, 2.45) is 11.8 Å². The van der Waals surface area contributed by atoms with Crippen molar-refractivity contribution < 1.29 is 38.1 Å². The summed E-state index contributed by atoms with van der Waals surface area (Å²) >= 11 is 6.24. The molecule has 8 nitrogen and oxygen atoms in total. The zero-order valence-electron chi connectivity index (χ0n) is 20.6. The van der Waals surface area contributed by atoms with E-state index in [4.69, 9.17) is 30.5 Å². The molecule has 1 fully saturated rings. The molecule has 3 rings (SSSR count). The van der Waals surface area contributed by atoms with Gasteiger partial charge in [0.15, 0.2) is 6.29 Å². The van der Waals surface area contributed by atoms with Gasteiger partial charge < -0.3 is 18.9 Å².